The minimum Gasteiger partial charge on any atom is -0.371 e. The largest absolute Gasteiger partial charge is 0.416 e. The fraction of sp³-hybridized carbons (Fsp3) is 0.478. The van der Waals surface area contributed by atoms with Gasteiger partial charge in [0.25, 0.3) is 0 Å². The fourth-order valence-electron chi connectivity index (χ4n) is 14.6. The highest BCUT2D eigenvalue weighted by Crippen LogP contribution is 2.42. The van der Waals surface area contributed by atoms with Crippen LogP contribution in [0.4, 0.5) is 43.4 Å². The van der Waals surface area contributed by atoms with Crippen molar-refractivity contribution in [1.29, 1.82) is 0 Å². The highest BCUT2D eigenvalue weighted by Gasteiger charge is 2.36. The number of sulfone groups is 1. The Balaban J connectivity index is 0.000000134. The van der Waals surface area contributed by atoms with Crippen LogP contribution in [0, 0.1) is 5.92 Å². The lowest BCUT2D eigenvalue weighted by Gasteiger charge is -2.35. The third-order valence-corrected chi connectivity index (χ3v) is 25.4. The first kappa shape index (κ1) is 81.6. The molecule has 6 N–H and O–H groups in total. The van der Waals surface area contributed by atoms with Gasteiger partial charge in [-0.2, -0.15) is 56.1 Å². The van der Waals surface area contributed by atoms with Gasteiger partial charge in [-0.3, -0.25) is 30.3 Å². The first-order valence-electron chi connectivity index (χ1n) is 34.8. The topological polar surface area (TPSA) is 328 Å². The lowest BCUT2D eigenvalue weighted by atomic mass is 9.86. The normalized spacial score (nSPS) is 17.7. The average Bonchev–Trinajstić information content (AvgIpc) is 1.51. The lowest BCUT2D eigenvalue weighted by Crippen LogP contribution is -2.48. The predicted molar refractivity (Wildman–Crippen MR) is 412 cm³/mol. The Bertz CT molecular complexity index is 5300. The van der Waals surface area contributed by atoms with Gasteiger partial charge >= 0.3 is 12.4 Å². The second kappa shape index (κ2) is 33.7. The van der Waals surface area contributed by atoms with Crippen LogP contribution in [-0.2, 0) is 57.1 Å². The van der Waals surface area contributed by atoms with Crippen molar-refractivity contribution >= 4 is 157 Å². The first-order valence-corrected chi connectivity index (χ1v) is 44.0. The molecule has 5 aromatic heterocycles. The Morgan fingerprint density at radius 2 is 0.833 bits per heavy atom. The quantitative estimate of drug-likeness (QED) is 0.0619. The molecule has 0 unspecified atom stereocenters. The van der Waals surface area contributed by atoms with E-state index < -0.39 is 63.4 Å². The molecule has 5 saturated heterocycles. The Labute approximate surface area is 639 Å². The SMILES string of the molecule is CC(=O)N1CCC(c2cc(C(F)(F)F)cc3[nH]ncc23)CC1.CS(=O)(=O)CCC1CCN(c2cc(Cl)cc3[nH]ncc23)CC1.CS(=O)(=O)N1CCC(c2cc(C(F)(F)F)cc3[nH]ncc23)CC1.CS(=O)(=O)N1CCN(c2cc(Br)cc3[nH]ncc23)CC1.CS(=O)(=O)NC1CCN(c2cc(Cl)cc3[nH]ncc23)CC1. The number of hydrogen-bond acceptors (Lipinski definition) is 17. The number of carbonyl (C=O) groups excluding carboxylic acids is 1. The van der Waals surface area contributed by atoms with Gasteiger partial charge in [0.05, 0.1) is 94.2 Å². The van der Waals surface area contributed by atoms with Crippen LogP contribution in [0.2, 0.25) is 10.0 Å². The van der Waals surface area contributed by atoms with Crippen LogP contribution in [0.3, 0.4) is 0 Å². The highest BCUT2D eigenvalue weighted by atomic mass is 79.9. The number of anilines is 3. The predicted octanol–water partition coefficient (Wildman–Crippen LogP) is 12.0. The number of piperidine rings is 4. The van der Waals surface area contributed by atoms with Gasteiger partial charge in [0.15, 0.2) is 0 Å². The number of nitrogens with zero attached hydrogens (tertiary/aromatic N) is 11. The van der Waals surface area contributed by atoms with Gasteiger partial charge in [-0.1, -0.05) is 39.1 Å². The summed E-state index contributed by atoms with van der Waals surface area (Å²) in [4.78, 5) is 19.8. The zero-order chi connectivity index (χ0) is 77.8. The van der Waals surface area contributed by atoms with E-state index in [1.807, 2.05) is 42.6 Å². The fourth-order valence-corrected chi connectivity index (χ4v) is 18.8. The molecule has 5 aliphatic rings. The first-order chi connectivity index (χ1) is 50.8. The smallest absolute Gasteiger partial charge is 0.371 e. The second-order valence-corrected chi connectivity index (χ2v) is 37.7. The number of piperazine rings is 1. The summed E-state index contributed by atoms with van der Waals surface area (Å²) < 4.78 is 176. The number of benzene rings is 5. The molecule has 10 heterocycles. The van der Waals surface area contributed by atoms with Crippen molar-refractivity contribution in [2.24, 2.45) is 5.92 Å². The van der Waals surface area contributed by atoms with E-state index >= 15 is 0 Å². The third-order valence-electron chi connectivity index (χ3n) is 20.2. The van der Waals surface area contributed by atoms with Crippen molar-refractivity contribution in [2.45, 2.75) is 94.9 Å². The van der Waals surface area contributed by atoms with E-state index in [0.717, 1.165) is 136 Å². The van der Waals surface area contributed by atoms with E-state index in [2.05, 4.69) is 86.3 Å². The molecule has 5 fully saturated rings. The van der Waals surface area contributed by atoms with Gasteiger partial charge in [-0.15, -0.1) is 0 Å². The summed E-state index contributed by atoms with van der Waals surface area (Å²) in [5.41, 5.74) is 6.69. The van der Waals surface area contributed by atoms with Crippen LogP contribution in [0.5, 0.6) is 0 Å². The van der Waals surface area contributed by atoms with Crippen molar-refractivity contribution in [1.82, 2.24) is 69.2 Å². The molecule has 10 aromatic rings. The van der Waals surface area contributed by atoms with Gasteiger partial charge in [-0.05, 0) is 147 Å². The van der Waals surface area contributed by atoms with Crippen LogP contribution in [0.25, 0.3) is 54.5 Å². The number of halogens is 9. The maximum atomic E-state index is 13.1. The number of amides is 1. The van der Waals surface area contributed by atoms with E-state index in [0.29, 0.717) is 127 Å². The summed E-state index contributed by atoms with van der Waals surface area (Å²) in [6, 6.07) is 16.2. The number of alkyl halides is 6. The lowest BCUT2D eigenvalue weighted by molar-refractivity contribution is -0.138. The van der Waals surface area contributed by atoms with Crippen molar-refractivity contribution < 1.29 is 64.8 Å². The molecule has 0 atom stereocenters. The minimum absolute atomic E-state index is 0.00951. The highest BCUT2D eigenvalue weighted by molar-refractivity contribution is 9.10. The molecule has 586 valence electrons. The number of fused-ring (bicyclic) bond motifs is 5. The van der Waals surface area contributed by atoms with Crippen LogP contribution in [-0.4, -0.2) is 219 Å². The van der Waals surface area contributed by atoms with E-state index in [1.54, 1.807) is 23.5 Å². The van der Waals surface area contributed by atoms with Crippen molar-refractivity contribution in [3.05, 3.63) is 128 Å². The molecule has 39 heteroatoms. The molecule has 26 nitrogen and oxygen atoms in total. The summed E-state index contributed by atoms with van der Waals surface area (Å²) in [7, 11) is -12.4. The zero-order valence-corrected chi connectivity index (χ0v) is 66.0. The number of aromatic nitrogens is 10. The second-order valence-electron chi connectivity index (χ2n) is 27.9. The van der Waals surface area contributed by atoms with E-state index in [9.17, 15) is 64.8 Å². The van der Waals surface area contributed by atoms with E-state index in [-0.39, 0.29) is 23.8 Å². The minimum atomic E-state index is -4.43. The van der Waals surface area contributed by atoms with Gasteiger partial charge in [0, 0.05) is 156 Å². The standard InChI is InChI=1S/C15H20ClN3O2S.C15H16F3N3O.C14H16F3N3O2S.C13H17ClN4O2S.C12H15BrN4O2S/c1-22(20,21)7-4-11-2-5-19(6-3-11)15-9-12(16)8-14-13(15)10-17-18-14;1-9(22)21-4-2-10(3-5-21)12-6-11(15(16,17)18)7-14-13(12)8-19-20-14;1-23(21,22)20-4-2-9(3-5-20)11-6-10(14(15,16)17)7-13-12(11)8-18-19-13;1-21(19,20)17-10-2-4-18(5-3-10)13-7-9(14)6-12-11(13)8-15-16-12;1-20(18,19)17-4-2-16(3-5-17)12-7-9(13)6-11-10(12)8-14-15-11/h8-11H,2-7H2,1H3,(H,17,18);6-8,10H,2-5H2,1H3,(H,19,20);6-9H,2-5H2,1H3,(H,18,19);6-8,10,17H,2-5H2,1H3,(H,15,16);6-8H,2-5H2,1H3,(H,14,15). The summed E-state index contributed by atoms with van der Waals surface area (Å²) in [6.07, 6.45) is 11.3. The van der Waals surface area contributed by atoms with Crippen LogP contribution >= 0.6 is 39.1 Å². The molecular formula is C69H84BrCl2F6N17O9S4. The number of likely N-dealkylation sites (tertiary alicyclic amines) is 1. The zero-order valence-electron chi connectivity index (χ0n) is 59.7. The maximum Gasteiger partial charge on any atom is 0.416 e. The van der Waals surface area contributed by atoms with Crippen molar-refractivity contribution in [2.75, 3.05) is 124 Å². The van der Waals surface area contributed by atoms with Gasteiger partial charge in [-0.25, -0.2) is 42.7 Å². The molecule has 1 amide bonds. The van der Waals surface area contributed by atoms with Crippen LogP contribution in [0.1, 0.15) is 98.8 Å². The molecule has 0 aliphatic carbocycles. The van der Waals surface area contributed by atoms with Gasteiger partial charge < -0.3 is 19.6 Å². The molecule has 0 saturated carbocycles. The number of aromatic amines is 5. The molecule has 5 aromatic carbocycles. The molecular weight excluding hydrogens is 1600 g/mol. The number of H-pyrrole nitrogens is 5. The molecule has 5 aliphatic heterocycles. The third kappa shape index (κ3) is 21.0. The number of sulfonamides is 3. The Morgan fingerprint density at radius 3 is 1.22 bits per heavy atom. The molecule has 15 rings (SSSR count). The molecule has 0 spiro atoms. The summed E-state index contributed by atoms with van der Waals surface area (Å²) >= 11 is 15.8. The Morgan fingerprint density at radius 1 is 0.472 bits per heavy atom. The summed E-state index contributed by atoms with van der Waals surface area (Å²) in [5.74, 6) is 0.690. The number of nitrogens with one attached hydrogen (secondary N) is 6. The monoisotopic (exact) mass is 1690 g/mol. The Kier molecular flexibility index (Phi) is 25.5. The van der Waals surface area contributed by atoms with E-state index in [4.69, 9.17) is 23.2 Å². The number of hydrogen-bond donors (Lipinski definition) is 6. The van der Waals surface area contributed by atoms with Crippen LogP contribution < -0.4 is 19.4 Å². The maximum absolute atomic E-state index is 13.1. The number of rotatable bonds is 12. The van der Waals surface area contributed by atoms with Crippen molar-refractivity contribution in [3.8, 4) is 0 Å². The van der Waals surface area contributed by atoms with Crippen molar-refractivity contribution in [3.63, 3.8) is 0 Å². The van der Waals surface area contributed by atoms with Gasteiger partial charge in [0.1, 0.15) is 9.84 Å². The average molecular weight is 1690 g/mol. The summed E-state index contributed by atoms with van der Waals surface area (Å²) in [6.45, 7) is 9.14. The molecule has 0 bridgehead atoms. The van der Waals surface area contributed by atoms with Crippen LogP contribution in [0.15, 0.2) is 96.1 Å². The molecule has 108 heavy (non-hydrogen) atoms. The summed E-state index contributed by atoms with van der Waals surface area (Å²) in [5, 5.41) is 39.9. The number of carbonyl (C=O) groups is 1. The Hall–Kier alpha value is -7.36. The molecule has 0 radical (unpaired) electrons. The van der Waals surface area contributed by atoms with Gasteiger partial charge in [0.2, 0.25) is 36.0 Å². The van der Waals surface area contributed by atoms with E-state index in [1.165, 1.54) is 52.6 Å².